The summed E-state index contributed by atoms with van der Waals surface area (Å²) in [5.41, 5.74) is 1.85. The first-order chi connectivity index (χ1) is 15.0. The predicted molar refractivity (Wildman–Crippen MR) is 125 cm³/mol. The number of para-hydroxylation sites is 2. The largest absolute Gasteiger partial charge is 0.420 e. The van der Waals surface area contributed by atoms with Crippen molar-refractivity contribution in [1.29, 1.82) is 0 Å². The van der Waals surface area contributed by atoms with Gasteiger partial charge in [0, 0.05) is 18.1 Å². The highest BCUT2D eigenvalue weighted by molar-refractivity contribution is 7.22. The number of oxazole rings is 1. The van der Waals surface area contributed by atoms with Gasteiger partial charge in [-0.3, -0.25) is 14.3 Å². The summed E-state index contributed by atoms with van der Waals surface area (Å²) >= 11 is 7.54. The number of likely N-dealkylation sites (N-methyl/N-ethyl adjacent to an activating group) is 1. The van der Waals surface area contributed by atoms with E-state index in [4.69, 9.17) is 16.0 Å². The molecule has 2 heterocycles. The lowest BCUT2D eigenvalue weighted by molar-refractivity contribution is -0.119. The Labute approximate surface area is 188 Å². The maximum atomic E-state index is 13.4. The van der Waals surface area contributed by atoms with Crippen LogP contribution in [0.5, 0.6) is 0 Å². The lowest BCUT2D eigenvalue weighted by atomic mass is 10.3. The van der Waals surface area contributed by atoms with Crippen LogP contribution in [0, 0.1) is 0 Å². The summed E-state index contributed by atoms with van der Waals surface area (Å²) in [4.78, 5) is 34.3. The normalized spacial score (nSPS) is 11.6. The molecule has 9 heteroatoms. The number of hydrogen-bond donors (Lipinski definition) is 0. The number of anilines is 1. The third kappa shape index (κ3) is 4.51. The lowest BCUT2D eigenvalue weighted by Gasteiger charge is -2.24. The summed E-state index contributed by atoms with van der Waals surface area (Å²) in [6.07, 6.45) is 0. The van der Waals surface area contributed by atoms with Crippen LogP contribution in [0.25, 0.3) is 21.3 Å². The molecule has 4 rings (SSSR count). The number of thiazole rings is 1. The van der Waals surface area contributed by atoms with Gasteiger partial charge in [0.25, 0.3) is 0 Å². The maximum absolute atomic E-state index is 13.4. The molecule has 4 aromatic rings. The molecule has 0 aliphatic carbocycles. The Hall–Kier alpha value is -2.68. The molecule has 0 radical (unpaired) electrons. The van der Waals surface area contributed by atoms with E-state index < -0.39 is 5.76 Å². The van der Waals surface area contributed by atoms with E-state index in [1.165, 1.54) is 15.9 Å². The molecule has 0 bridgehead atoms. The van der Waals surface area contributed by atoms with Crippen molar-refractivity contribution in [3.8, 4) is 0 Å². The number of benzene rings is 2. The minimum absolute atomic E-state index is 0.120. The number of carbonyl (C=O) groups excluding carboxylic acids is 1. The van der Waals surface area contributed by atoms with E-state index in [1.807, 2.05) is 18.2 Å². The van der Waals surface area contributed by atoms with E-state index in [0.717, 1.165) is 23.3 Å². The van der Waals surface area contributed by atoms with Crippen LogP contribution in [-0.4, -0.2) is 46.5 Å². The number of halogens is 1. The third-order valence-corrected chi connectivity index (χ3v) is 6.55. The number of hydrogen-bond acceptors (Lipinski definition) is 6. The zero-order valence-corrected chi connectivity index (χ0v) is 18.9. The highest BCUT2D eigenvalue weighted by atomic mass is 35.5. The van der Waals surface area contributed by atoms with Gasteiger partial charge in [-0.2, -0.15) is 0 Å². The molecule has 7 nitrogen and oxygen atoms in total. The molecule has 1 amide bonds. The van der Waals surface area contributed by atoms with Gasteiger partial charge in [-0.15, -0.1) is 0 Å². The van der Waals surface area contributed by atoms with Crippen molar-refractivity contribution in [2.75, 3.05) is 31.1 Å². The Morgan fingerprint density at radius 3 is 2.71 bits per heavy atom. The van der Waals surface area contributed by atoms with Crippen molar-refractivity contribution >= 4 is 55.3 Å². The number of rotatable bonds is 8. The Morgan fingerprint density at radius 1 is 1.16 bits per heavy atom. The maximum Gasteiger partial charge on any atom is 0.420 e. The second-order valence-corrected chi connectivity index (χ2v) is 8.55. The first-order valence-electron chi connectivity index (χ1n) is 10.2. The molecule has 0 fully saturated rings. The molecule has 0 spiro atoms. The highest BCUT2D eigenvalue weighted by Gasteiger charge is 2.23. The summed E-state index contributed by atoms with van der Waals surface area (Å²) in [6, 6.07) is 12.6. The van der Waals surface area contributed by atoms with E-state index in [1.54, 1.807) is 29.2 Å². The Bertz CT molecular complexity index is 1270. The van der Waals surface area contributed by atoms with Gasteiger partial charge in [0.15, 0.2) is 10.7 Å². The van der Waals surface area contributed by atoms with Gasteiger partial charge in [0.1, 0.15) is 6.54 Å². The predicted octanol–water partition coefficient (Wildman–Crippen LogP) is 4.23. The highest BCUT2D eigenvalue weighted by Crippen LogP contribution is 2.31. The van der Waals surface area contributed by atoms with Crippen LogP contribution in [0.2, 0.25) is 5.02 Å². The van der Waals surface area contributed by atoms with Gasteiger partial charge in [-0.1, -0.05) is 48.9 Å². The van der Waals surface area contributed by atoms with Crippen molar-refractivity contribution in [2.24, 2.45) is 0 Å². The standard InChI is InChI=1S/C22H23ClN4O3S/c1-3-25(4-2)11-12-26(21-24-16-10-9-15(23)13-19(16)31-21)20(28)14-27-17-7-5-6-8-18(17)30-22(27)29/h5-10,13H,3-4,11-12,14H2,1-2H3. The molecular weight excluding hydrogens is 436 g/mol. The Kier molecular flexibility index (Phi) is 6.41. The van der Waals surface area contributed by atoms with E-state index in [9.17, 15) is 9.59 Å². The molecule has 31 heavy (non-hydrogen) atoms. The van der Waals surface area contributed by atoms with Gasteiger partial charge in [-0.05, 0) is 43.4 Å². The Morgan fingerprint density at radius 2 is 1.94 bits per heavy atom. The van der Waals surface area contributed by atoms with E-state index in [2.05, 4.69) is 23.7 Å². The van der Waals surface area contributed by atoms with Crippen LogP contribution in [0.15, 0.2) is 51.7 Å². The van der Waals surface area contributed by atoms with Crippen LogP contribution < -0.4 is 10.7 Å². The molecular formula is C22H23ClN4O3S. The second kappa shape index (κ2) is 9.21. The van der Waals surface area contributed by atoms with Crippen LogP contribution in [0.3, 0.4) is 0 Å². The van der Waals surface area contributed by atoms with Crippen LogP contribution in [0.4, 0.5) is 5.13 Å². The Balaban J connectivity index is 1.67. The van der Waals surface area contributed by atoms with E-state index in [-0.39, 0.29) is 12.5 Å². The summed E-state index contributed by atoms with van der Waals surface area (Å²) < 4.78 is 7.56. The third-order valence-electron chi connectivity index (χ3n) is 5.27. The first kappa shape index (κ1) is 21.5. The molecule has 0 saturated heterocycles. The van der Waals surface area contributed by atoms with Gasteiger partial charge in [0.05, 0.1) is 15.7 Å². The average Bonchev–Trinajstić information content (AvgIpc) is 3.31. The second-order valence-electron chi connectivity index (χ2n) is 7.10. The SMILES string of the molecule is CCN(CC)CCN(C(=O)Cn1c(=O)oc2ccccc21)c1nc2ccc(Cl)cc2s1. The van der Waals surface area contributed by atoms with Gasteiger partial charge in [0.2, 0.25) is 5.91 Å². The van der Waals surface area contributed by atoms with Gasteiger partial charge in [-0.25, -0.2) is 9.78 Å². The molecule has 0 aliphatic heterocycles. The number of carbonyl (C=O) groups is 1. The molecule has 162 valence electrons. The van der Waals surface area contributed by atoms with Crippen molar-refractivity contribution in [3.05, 3.63) is 58.0 Å². The van der Waals surface area contributed by atoms with E-state index >= 15 is 0 Å². The van der Waals surface area contributed by atoms with Crippen LogP contribution in [0.1, 0.15) is 13.8 Å². The van der Waals surface area contributed by atoms with Crippen molar-refractivity contribution in [2.45, 2.75) is 20.4 Å². The fourth-order valence-electron chi connectivity index (χ4n) is 3.49. The summed E-state index contributed by atoms with van der Waals surface area (Å²) in [6.45, 7) is 7.01. The first-order valence-corrected chi connectivity index (χ1v) is 11.4. The van der Waals surface area contributed by atoms with Crippen molar-refractivity contribution < 1.29 is 9.21 Å². The monoisotopic (exact) mass is 458 g/mol. The summed E-state index contributed by atoms with van der Waals surface area (Å²) in [5, 5.41) is 1.22. The topological polar surface area (TPSA) is 71.6 Å². The minimum atomic E-state index is -0.547. The molecule has 0 N–H and O–H groups in total. The molecule has 0 saturated carbocycles. The van der Waals surface area contributed by atoms with Crippen molar-refractivity contribution in [1.82, 2.24) is 14.5 Å². The number of nitrogens with zero attached hydrogens (tertiary/aromatic N) is 4. The molecule has 0 atom stereocenters. The van der Waals surface area contributed by atoms with Gasteiger partial charge >= 0.3 is 5.76 Å². The van der Waals surface area contributed by atoms with E-state index in [0.29, 0.717) is 34.3 Å². The molecule has 0 aliphatic rings. The lowest BCUT2D eigenvalue weighted by Crippen LogP contribution is -2.41. The molecule has 0 unspecified atom stereocenters. The number of fused-ring (bicyclic) bond motifs is 2. The smallest absolute Gasteiger partial charge is 0.408 e. The quantitative estimate of drug-likeness (QED) is 0.395. The number of aromatic nitrogens is 2. The van der Waals surface area contributed by atoms with Gasteiger partial charge < -0.3 is 9.32 Å². The zero-order valence-electron chi connectivity index (χ0n) is 17.4. The molecule has 2 aromatic carbocycles. The van der Waals surface area contributed by atoms with Crippen LogP contribution >= 0.6 is 22.9 Å². The minimum Gasteiger partial charge on any atom is -0.408 e. The zero-order chi connectivity index (χ0) is 22.0. The summed E-state index contributed by atoms with van der Waals surface area (Å²) in [7, 11) is 0. The van der Waals surface area contributed by atoms with Crippen molar-refractivity contribution in [3.63, 3.8) is 0 Å². The average molecular weight is 459 g/mol. The fraction of sp³-hybridized carbons (Fsp3) is 0.318. The van der Waals surface area contributed by atoms with Crippen LogP contribution in [-0.2, 0) is 11.3 Å². The summed E-state index contributed by atoms with van der Waals surface area (Å²) in [5.74, 6) is -0.764. The number of amides is 1. The molecule has 2 aromatic heterocycles. The fourth-order valence-corrected chi connectivity index (χ4v) is 4.78.